The van der Waals surface area contributed by atoms with Gasteiger partial charge in [-0.05, 0) is 30.4 Å². The molecule has 1 aliphatic carbocycles. The molecule has 0 radical (unpaired) electrons. The maximum atomic E-state index is 12.7. The van der Waals surface area contributed by atoms with E-state index in [1.54, 1.807) is 17.1 Å². The molecule has 5 nitrogen and oxygen atoms in total. The summed E-state index contributed by atoms with van der Waals surface area (Å²) in [5, 5.41) is 7.51. The third kappa shape index (κ3) is 4.27. The molecule has 0 aliphatic heterocycles. The Hall–Kier alpha value is -2.17. The zero-order chi connectivity index (χ0) is 17.6. The summed E-state index contributed by atoms with van der Waals surface area (Å²) in [6, 6.07) is 5.71. The fourth-order valence-electron chi connectivity index (χ4n) is 3.71. The summed E-state index contributed by atoms with van der Waals surface area (Å²) in [5.74, 6) is 1.67. The van der Waals surface area contributed by atoms with E-state index in [1.165, 1.54) is 32.1 Å². The highest BCUT2D eigenvalue weighted by Crippen LogP contribution is 2.26. The van der Waals surface area contributed by atoms with Crippen molar-refractivity contribution in [3.63, 3.8) is 0 Å². The van der Waals surface area contributed by atoms with Gasteiger partial charge in [0.1, 0.15) is 0 Å². The van der Waals surface area contributed by atoms with Crippen LogP contribution in [0.15, 0.2) is 30.6 Å². The summed E-state index contributed by atoms with van der Waals surface area (Å²) in [6.45, 7) is 4.90. The number of carbonyl (C=O) groups excluding carboxylic acids is 1. The molecule has 0 aromatic carbocycles. The van der Waals surface area contributed by atoms with E-state index >= 15 is 0 Å². The molecule has 1 amide bonds. The maximum Gasteiger partial charge on any atom is 0.254 e. The maximum absolute atomic E-state index is 12.7. The van der Waals surface area contributed by atoms with Crippen LogP contribution in [0.1, 0.15) is 74.3 Å². The number of aromatic nitrogens is 3. The molecule has 2 aromatic rings. The van der Waals surface area contributed by atoms with Gasteiger partial charge in [-0.15, -0.1) is 0 Å². The molecule has 2 heterocycles. The predicted molar refractivity (Wildman–Crippen MR) is 99.0 cm³/mol. The van der Waals surface area contributed by atoms with Crippen LogP contribution in [0.3, 0.4) is 0 Å². The first-order valence-electron chi connectivity index (χ1n) is 9.44. The van der Waals surface area contributed by atoms with Crippen LogP contribution >= 0.6 is 0 Å². The molecule has 0 atom stereocenters. The zero-order valence-corrected chi connectivity index (χ0v) is 15.2. The van der Waals surface area contributed by atoms with Gasteiger partial charge in [-0.1, -0.05) is 52.0 Å². The van der Waals surface area contributed by atoms with Crippen LogP contribution in [0, 0.1) is 5.92 Å². The minimum absolute atomic E-state index is 0.0262. The Morgan fingerprint density at radius 1 is 1.28 bits per heavy atom. The van der Waals surface area contributed by atoms with Crippen molar-refractivity contribution in [3.05, 3.63) is 41.9 Å². The largest absolute Gasteiger partial charge is 0.352 e. The lowest BCUT2D eigenvalue weighted by atomic mass is 9.87. The van der Waals surface area contributed by atoms with Crippen LogP contribution < -0.4 is 5.32 Å². The smallest absolute Gasteiger partial charge is 0.254 e. The lowest BCUT2D eigenvalue weighted by Gasteiger charge is -2.21. The molecule has 25 heavy (non-hydrogen) atoms. The van der Waals surface area contributed by atoms with Gasteiger partial charge in [-0.25, -0.2) is 9.67 Å². The molecular formula is C20H28N4O. The Morgan fingerprint density at radius 2 is 2.08 bits per heavy atom. The summed E-state index contributed by atoms with van der Waals surface area (Å²) in [6.07, 6.45) is 11.2. The van der Waals surface area contributed by atoms with Crippen LogP contribution in [0.2, 0.25) is 0 Å². The fourth-order valence-corrected chi connectivity index (χ4v) is 3.71. The third-order valence-electron chi connectivity index (χ3n) is 5.03. The molecule has 3 rings (SSSR count). The molecular weight excluding hydrogens is 312 g/mol. The highest BCUT2D eigenvalue weighted by Gasteiger charge is 2.21. The van der Waals surface area contributed by atoms with Gasteiger partial charge in [0.05, 0.1) is 17.5 Å². The molecule has 1 N–H and O–H groups in total. The van der Waals surface area contributed by atoms with Crippen LogP contribution in [-0.2, 0) is 0 Å². The zero-order valence-electron chi connectivity index (χ0n) is 15.2. The van der Waals surface area contributed by atoms with Gasteiger partial charge < -0.3 is 5.32 Å². The van der Waals surface area contributed by atoms with Crippen LogP contribution in [0.5, 0.6) is 0 Å². The van der Waals surface area contributed by atoms with E-state index in [9.17, 15) is 4.79 Å². The van der Waals surface area contributed by atoms with Crippen LogP contribution in [0.4, 0.5) is 0 Å². The molecule has 134 valence electrons. The average molecular weight is 340 g/mol. The molecule has 1 aliphatic rings. The molecule has 0 spiro atoms. The first kappa shape index (κ1) is 17.6. The molecule has 0 bridgehead atoms. The first-order chi connectivity index (χ1) is 12.2. The summed E-state index contributed by atoms with van der Waals surface area (Å²) < 4.78 is 1.78. The van der Waals surface area contributed by atoms with Gasteiger partial charge in [0.15, 0.2) is 5.82 Å². The molecule has 0 saturated heterocycles. The second-order valence-corrected chi connectivity index (χ2v) is 7.25. The normalized spacial score (nSPS) is 15.5. The predicted octanol–water partition coefficient (Wildman–Crippen LogP) is 4.09. The SMILES string of the molecule is CC(C)c1c(C(=O)NCCC2CCCCC2)cnn1-c1ccccn1. The quantitative estimate of drug-likeness (QED) is 0.861. The highest BCUT2D eigenvalue weighted by molar-refractivity contribution is 5.95. The van der Waals surface area contributed by atoms with Gasteiger partial charge in [0.25, 0.3) is 5.91 Å². The monoisotopic (exact) mass is 340 g/mol. The number of nitrogens with zero attached hydrogens (tertiary/aromatic N) is 3. The molecule has 1 fully saturated rings. The van der Waals surface area contributed by atoms with Gasteiger partial charge in [-0.3, -0.25) is 4.79 Å². The van der Waals surface area contributed by atoms with Crippen molar-refractivity contribution in [2.45, 2.75) is 58.3 Å². The number of carbonyl (C=O) groups is 1. The van der Waals surface area contributed by atoms with Gasteiger partial charge >= 0.3 is 0 Å². The third-order valence-corrected chi connectivity index (χ3v) is 5.03. The summed E-state index contributed by atoms with van der Waals surface area (Å²) in [4.78, 5) is 17.0. The van der Waals surface area contributed by atoms with Crippen LogP contribution in [0.25, 0.3) is 5.82 Å². The van der Waals surface area contributed by atoms with E-state index in [-0.39, 0.29) is 11.8 Å². The van der Waals surface area contributed by atoms with E-state index < -0.39 is 0 Å². The summed E-state index contributed by atoms with van der Waals surface area (Å²) in [7, 11) is 0. The lowest BCUT2D eigenvalue weighted by molar-refractivity contribution is 0.0949. The Morgan fingerprint density at radius 3 is 2.76 bits per heavy atom. The van der Waals surface area contributed by atoms with E-state index in [4.69, 9.17) is 0 Å². The standard InChI is InChI=1S/C20H28N4O/c1-15(2)19-17(14-23-24(19)18-10-6-7-12-21-18)20(25)22-13-11-16-8-4-3-5-9-16/h6-7,10,12,14-16H,3-5,8-9,11,13H2,1-2H3,(H,22,25). The molecule has 0 unspecified atom stereocenters. The van der Waals surface area contributed by atoms with E-state index in [1.807, 2.05) is 18.2 Å². The second-order valence-electron chi connectivity index (χ2n) is 7.25. The Balaban J connectivity index is 1.68. The number of pyridine rings is 1. The molecule has 2 aromatic heterocycles. The second kappa shape index (κ2) is 8.28. The van der Waals surface area contributed by atoms with Crippen LogP contribution in [-0.4, -0.2) is 27.2 Å². The topological polar surface area (TPSA) is 59.8 Å². The van der Waals surface area contributed by atoms with Crippen molar-refractivity contribution >= 4 is 5.91 Å². The van der Waals surface area contributed by atoms with Crippen molar-refractivity contribution in [3.8, 4) is 5.82 Å². The Bertz CT molecular complexity index is 687. The van der Waals surface area contributed by atoms with Gasteiger partial charge in [0, 0.05) is 12.7 Å². The van der Waals surface area contributed by atoms with Crippen molar-refractivity contribution in [1.29, 1.82) is 0 Å². The molecule has 5 heteroatoms. The van der Waals surface area contributed by atoms with Crippen molar-refractivity contribution in [1.82, 2.24) is 20.1 Å². The fraction of sp³-hybridized carbons (Fsp3) is 0.550. The van der Waals surface area contributed by atoms with Crippen molar-refractivity contribution in [2.75, 3.05) is 6.54 Å². The summed E-state index contributed by atoms with van der Waals surface area (Å²) in [5.41, 5.74) is 1.57. The number of hydrogen-bond donors (Lipinski definition) is 1. The first-order valence-corrected chi connectivity index (χ1v) is 9.44. The lowest BCUT2D eigenvalue weighted by Crippen LogP contribution is -2.27. The Kier molecular flexibility index (Phi) is 5.84. The Labute approximate surface area is 149 Å². The summed E-state index contributed by atoms with van der Waals surface area (Å²) >= 11 is 0. The average Bonchev–Trinajstić information content (AvgIpc) is 3.09. The number of nitrogens with one attached hydrogen (secondary N) is 1. The molecule has 1 saturated carbocycles. The minimum atomic E-state index is -0.0262. The minimum Gasteiger partial charge on any atom is -0.352 e. The highest BCUT2D eigenvalue weighted by atomic mass is 16.1. The van der Waals surface area contributed by atoms with E-state index in [0.29, 0.717) is 5.56 Å². The van der Waals surface area contributed by atoms with E-state index in [0.717, 1.165) is 30.4 Å². The number of hydrogen-bond acceptors (Lipinski definition) is 3. The van der Waals surface area contributed by atoms with Gasteiger partial charge in [-0.2, -0.15) is 5.10 Å². The van der Waals surface area contributed by atoms with Gasteiger partial charge in [0.2, 0.25) is 0 Å². The van der Waals surface area contributed by atoms with E-state index in [2.05, 4.69) is 29.2 Å². The number of rotatable bonds is 6. The number of amides is 1. The van der Waals surface area contributed by atoms with Crippen molar-refractivity contribution < 1.29 is 4.79 Å². The van der Waals surface area contributed by atoms with Crippen molar-refractivity contribution in [2.24, 2.45) is 5.92 Å².